The van der Waals surface area contributed by atoms with Crippen LogP contribution in [0.15, 0.2) is 546 Å². The third-order valence-corrected chi connectivity index (χ3v) is 28.8. The van der Waals surface area contributed by atoms with Gasteiger partial charge in [0, 0.05) is 76.7 Å². The van der Waals surface area contributed by atoms with Crippen molar-refractivity contribution in [3.05, 3.63) is 546 Å². The molecule has 0 radical (unpaired) electrons. The van der Waals surface area contributed by atoms with Gasteiger partial charge in [0.25, 0.3) is 0 Å². The smallest absolute Gasteiger partial charge is 0.238 e. The Morgan fingerprint density at radius 3 is 0.622 bits per heavy atom. The summed E-state index contributed by atoms with van der Waals surface area (Å²) in [6.45, 7) is 0. The molecule has 692 valence electrons. The van der Waals surface area contributed by atoms with Gasteiger partial charge in [0.1, 0.15) is 0 Å². The molecule has 0 spiro atoms. The molecule has 0 aliphatic carbocycles. The van der Waals surface area contributed by atoms with E-state index < -0.39 is 0 Å². The number of hydrogen-bond donors (Lipinski definition) is 0. The van der Waals surface area contributed by atoms with E-state index in [1.165, 1.54) is 44.5 Å². The van der Waals surface area contributed by atoms with Crippen LogP contribution in [-0.2, 0) is 0 Å². The molecule has 0 aliphatic rings. The Morgan fingerprint density at radius 1 is 0.115 bits per heavy atom. The first-order chi connectivity index (χ1) is 73.4. The van der Waals surface area contributed by atoms with E-state index in [2.05, 4.69) is 516 Å². The molecule has 10 nitrogen and oxygen atoms in total. The van der Waals surface area contributed by atoms with Crippen LogP contribution in [0.1, 0.15) is 0 Å². The van der Waals surface area contributed by atoms with Crippen molar-refractivity contribution in [3.8, 4) is 180 Å². The van der Waals surface area contributed by atoms with Crippen molar-refractivity contribution in [2.45, 2.75) is 0 Å². The summed E-state index contributed by atoms with van der Waals surface area (Å²) in [6, 6.07) is 195. The second-order valence-electron chi connectivity index (χ2n) is 37.5. The Kier molecular flexibility index (Phi) is 22.1. The van der Waals surface area contributed by atoms with E-state index in [-0.39, 0.29) is 0 Å². The molecule has 0 saturated carbocycles. The molecule has 6 heterocycles. The summed E-state index contributed by atoms with van der Waals surface area (Å²) in [6.07, 6.45) is 0. The molecule has 28 aromatic rings. The summed E-state index contributed by atoms with van der Waals surface area (Å²) in [4.78, 5) is 32.3. The number of rotatable bonds is 18. The molecule has 22 aromatic carbocycles. The molecule has 0 fully saturated rings. The zero-order chi connectivity index (χ0) is 97.9. The van der Waals surface area contributed by atoms with Crippen LogP contribution in [0.25, 0.3) is 267 Å². The lowest BCUT2D eigenvalue weighted by molar-refractivity contribution is 0.953. The standard InChI is InChI=1S/2C69H45N5/c1-5-19-46(20-6-1)48-33-35-50(36-34-48)54-43-55(58-28-14-13-27-57(58)51-23-9-3-10-24-51)45-56(44-54)73-63-31-17-15-29-59(63)61-41-42-62-60-30-16-18-32-64(60)74(66(62)65(61)73)69-71-67(52-25-11-4-12-26-52)70-68(72-69)53-39-37-49(38-40-53)47-21-7-2-8-22-47;1-5-21-46(22-6-1)47-37-39-48(40-38-47)52-43-53(57-31-14-13-29-55(57)49-23-7-2-8-24-49)45-54(44-52)73-63-35-19-17-32-58(63)60-41-42-61-59-33-18-20-36-64(59)74(66(61)65(60)73)69-71-67(51-27-11-4-12-28-51)70-68(72-69)62-34-16-15-30-56(62)50-25-9-3-10-26-50/h2*1-45H. The number of hydrogen-bond acceptors (Lipinski definition) is 6. The summed E-state index contributed by atoms with van der Waals surface area (Å²) < 4.78 is 9.50. The molecule has 0 N–H and O–H groups in total. The van der Waals surface area contributed by atoms with Crippen LogP contribution in [0.3, 0.4) is 0 Å². The van der Waals surface area contributed by atoms with Crippen LogP contribution in [0.5, 0.6) is 0 Å². The van der Waals surface area contributed by atoms with Crippen LogP contribution >= 0.6 is 0 Å². The largest absolute Gasteiger partial charge is 0.307 e. The van der Waals surface area contributed by atoms with E-state index in [9.17, 15) is 0 Å². The molecule has 0 saturated heterocycles. The number of benzene rings is 22. The first-order valence-corrected chi connectivity index (χ1v) is 50.2. The van der Waals surface area contributed by atoms with Crippen molar-refractivity contribution in [1.82, 2.24) is 48.2 Å². The van der Waals surface area contributed by atoms with E-state index in [1.807, 2.05) is 48.5 Å². The molecule has 0 atom stereocenters. The Bertz CT molecular complexity index is 9890. The van der Waals surface area contributed by atoms with Gasteiger partial charge >= 0.3 is 0 Å². The van der Waals surface area contributed by atoms with E-state index >= 15 is 0 Å². The predicted molar refractivity (Wildman–Crippen MR) is 613 cm³/mol. The lowest BCUT2D eigenvalue weighted by Gasteiger charge is -2.17. The lowest BCUT2D eigenvalue weighted by Crippen LogP contribution is -2.07. The fraction of sp³-hybridized carbons (Fsp3) is 0. The summed E-state index contributed by atoms with van der Waals surface area (Å²) >= 11 is 0. The summed E-state index contributed by atoms with van der Waals surface area (Å²) in [5.41, 5.74) is 37.0. The van der Waals surface area contributed by atoms with Crippen molar-refractivity contribution in [2.75, 3.05) is 0 Å². The van der Waals surface area contributed by atoms with Gasteiger partial charge in [-0.2, -0.15) is 19.9 Å². The van der Waals surface area contributed by atoms with Gasteiger partial charge < -0.3 is 9.13 Å². The van der Waals surface area contributed by atoms with Gasteiger partial charge in [-0.25, -0.2) is 9.97 Å². The van der Waals surface area contributed by atoms with E-state index in [4.69, 9.17) is 29.9 Å². The second-order valence-corrected chi connectivity index (χ2v) is 37.5. The number of para-hydroxylation sites is 4. The highest BCUT2D eigenvalue weighted by atomic mass is 15.2. The second kappa shape index (κ2) is 37.5. The average molecular weight is 1890 g/mol. The number of nitrogens with zero attached hydrogens (tertiary/aromatic N) is 10. The Morgan fingerprint density at radius 2 is 0.311 bits per heavy atom. The van der Waals surface area contributed by atoms with Gasteiger partial charge in [0.15, 0.2) is 23.3 Å². The van der Waals surface area contributed by atoms with Gasteiger partial charge in [-0.1, -0.05) is 485 Å². The first kappa shape index (κ1) is 87.1. The molecule has 0 aliphatic heterocycles. The van der Waals surface area contributed by atoms with Crippen molar-refractivity contribution >= 4 is 87.2 Å². The van der Waals surface area contributed by atoms with Crippen LogP contribution in [0.2, 0.25) is 0 Å². The van der Waals surface area contributed by atoms with Crippen LogP contribution < -0.4 is 0 Å². The molecule has 28 rings (SSSR count). The van der Waals surface area contributed by atoms with Crippen LogP contribution in [0.4, 0.5) is 0 Å². The molecular weight excluding hydrogens is 1800 g/mol. The fourth-order valence-corrected chi connectivity index (χ4v) is 21.9. The minimum Gasteiger partial charge on any atom is -0.307 e. The maximum atomic E-state index is 5.53. The van der Waals surface area contributed by atoms with Gasteiger partial charge in [-0.15, -0.1) is 0 Å². The van der Waals surface area contributed by atoms with Crippen molar-refractivity contribution in [2.24, 2.45) is 0 Å². The Hall–Kier alpha value is -19.9. The van der Waals surface area contributed by atoms with Crippen molar-refractivity contribution < 1.29 is 0 Å². The molecule has 0 unspecified atom stereocenters. The minimum atomic E-state index is 0.539. The van der Waals surface area contributed by atoms with Gasteiger partial charge in [-0.3, -0.25) is 9.13 Å². The highest BCUT2D eigenvalue weighted by molar-refractivity contribution is 6.26. The SMILES string of the molecule is c1ccc(-c2ccc(-c3cc(-c4ccccc4-c4ccccc4)cc(-n4c5ccccc5c5ccc6c7ccccc7n(-c7nc(-c8ccccc8)nc(-c8ccc(-c9ccccc9)cc8)n7)c6c54)c3)cc2)cc1.c1ccc(-c2ccc(-c3cc(-c4ccccc4-c4ccccc4)cc(-n4c5ccccc5c5ccc6c7ccccc7n(-c7nc(-c8ccccc8)nc(-c8ccccc8-c8ccccc8)n7)c6c54)c3)cc2)cc1. The Balaban J connectivity index is 0.000000146. The molecule has 0 amide bonds. The quantitative estimate of drug-likeness (QED) is 0.0849. The number of aromatic nitrogens is 10. The van der Waals surface area contributed by atoms with Gasteiger partial charge in [-0.05, 0) is 172 Å². The van der Waals surface area contributed by atoms with Crippen molar-refractivity contribution in [3.63, 3.8) is 0 Å². The summed E-state index contributed by atoms with van der Waals surface area (Å²) in [5, 5.41) is 9.01. The number of fused-ring (bicyclic) bond motifs is 14. The first-order valence-electron chi connectivity index (χ1n) is 50.2. The zero-order valence-electron chi connectivity index (χ0n) is 80.4. The maximum absolute atomic E-state index is 5.53. The van der Waals surface area contributed by atoms with E-state index in [1.54, 1.807) is 0 Å². The average Bonchev–Trinajstić information content (AvgIpc) is 1.53. The third kappa shape index (κ3) is 15.8. The highest BCUT2D eigenvalue weighted by Gasteiger charge is 2.29. The van der Waals surface area contributed by atoms with Crippen LogP contribution in [0, 0.1) is 0 Å². The molecule has 6 aromatic heterocycles. The zero-order valence-corrected chi connectivity index (χ0v) is 80.4. The molecule has 0 bridgehead atoms. The maximum Gasteiger partial charge on any atom is 0.238 e. The highest BCUT2D eigenvalue weighted by Crippen LogP contribution is 2.49. The summed E-state index contributed by atoms with van der Waals surface area (Å²) in [5.74, 6) is 3.47. The van der Waals surface area contributed by atoms with E-state index in [0.29, 0.717) is 35.2 Å². The topological polar surface area (TPSA) is 97.1 Å². The van der Waals surface area contributed by atoms with Crippen LogP contribution in [-0.4, -0.2) is 48.2 Å². The van der Waals surface area contributed by atoms with E-state index in [0.717, 1.165) is 188 Å². The molecular formula is C138H90N10. The summed E-state index contributed by atoms with van der Waals surface area (Å²) in [7, 11) is 0. The fourth-order valence-electron chi connectivity index (χ4n) is 21.9. The lowest BCUT2D eigenvalue weighted by atomic mass is 9.91. The van der Waals surface area contributed by atoms with Gasteiger partial charge in [0.05, 0.1) is 44.1 Å². The third-order valence-electron chi connectivity index (χ3n) is 28.8. The molecule has 148 heavy (non-hydrogen) atoms. The predicted octanol–water partition coefficient (Wildman–Crippen LogP) is 35.5. The minimum absolute atomic E-state index is 0.539. The molecule has 10 heteroatoms. The van der Waals surface area contributed by atoms with Crippen molar-refractivity contribution in [1.29, 1.82) is 0 Å². The normalized spacial score (nSPS) is 11.5. The van der Waals surface area contributed by atoms with Gasteiger partial charge in [0.2, 0.25) is 11.9 Å². The monoisotopic (exact) mass is 1890 g/mol. The Labute approximate surface area is 855 Å².